The largest absolute Gasteiger partial charge is 1.00 e. The van der Waals surface area contributed by atoms with Crippen LogP contribution in [0.5, 0.6) is 0 Å². The summed E-state index contributed by atoms with van der Waals surface area (Å²) in [6.07, 6.45) is 17.1. The van der Waals surface area contributed by atoms with Crippen LogP contribution in [0.3, 0.4) is 0 Å². The Hall–Kier alpha value is -4.48. The predicted molar refractivity (Wildman–Crippen MR) is 236 cm³/mol. The van der Waals surface area contributed by atoms with Crippen molar-refractivity contribution in [3.63, 3.8) is 0 Å². The molecule has 0 aromatic heterocycles. The number of rotatable bonds is 19. The van der Waals surface area contributed by atoms with Crippen molar-refractivity contribution >= 4 is 52.4 Å². The smallest absolute Gasteiger partial charge is 0.325 e. The molecule has 4 N–H and O–H groups in total. The fourth-order valence-corrected chi connectivity index (χ4v) is 8.86. The standard InChI is InChI=1S/C48H61ClN4O6.BrH/c1-32(45(56)57)50-42(54)24-9-7-15-30-52-38-22-13-11-20-36(38)47(3,4)40(52)28-26-34-18-17-19-35(44(34)49)27-29-41-48(5,6)37-21-12-14-23-39(37)53(41)31-16-8-10-25-43(55)51-33(2)46(58)59;/h11-14,20-23,26-29,32-33H,7-10,15-19,24-25,30-31H2,1-6H3,(H3-,50,51,54,55,56,57,58,59);1H/t32-,33-;/m0./s1. The number of unbranched alkanes of at least 4 members (excludes halogenated alkanes) is 4. The highest BCUT2D eigenvalue weighted by Gasteiger charge is 2.44. The Balaban J connectivity index is 0.00000794. The minimum atomic E-state index is -1.04. The number of nitrogens with zero attached hydrogens (tertiary/aromatic N) is 2. The van der Waals surface area contributed by atoms with Crippen LogP contribution in [0.25, 0.3) is 0 Å². The maximum atomic E-state index is 12.2. The summed E-state index contributed by atoms with van der Waals surface area (Å²) in [7, 11) is 0. The molecule has 2 amide bonds. The summed E-state index contributed by atoms with van der Waals surface area (Å²) in [5, 5.41) is 24.1. The summed E-state index contributed by atoms with van der Waals surface area (Å²) >= 11 is 7.26. The molecule has 324 valence electrons. The average Bonchev–Trinajstić information content (AvgIpc) is 3.54. The Morgan fingerprint density at radius 3 is 1.98 bits per heavy atom. The molecule has 0 saturated heterocycles. The Bertz CT molecular complexity index is 2080. The molecule has 1 aliphatic carbocycles. The summed E-state index contributed by atoms with van der Waals surface area (Å²) in [5.41, 5.74) is 9.16. The molecule has 5 rings (SSSR count). The third-order valence-electron chi connectivity index (χ3n) is 12.0. The summed E-state index contributed by atoms with van der Waals surface area (Å²) in [4.78, 5) is 49.1. The second kappa shape index (κ2) is 21.4. The molecule has 2 heterocycles. The highest BCUT2D eigenvalue weighted by atomic mass is 79.9. The molecule has 3 aliphatic rings. The number of anilines is 1. The van der Waals surface area contributed by atoms with Crippen LogP contribution in [0, 0.1) is 0 Å². The minimum Gasteiger partial charge on any atom is -1.00 e. The maximum absolute atomic E-state index is 12.2. The average molecular weight is 906 g/mol. The lowest BCUT2D eigenvalue weighted by atomic mass is 9.81. The van der Waals surface area contributed by atoms with Gasteiger partial charge in [-0.3, -0.25) is 19.2 Å². The van der Waals surface area contributed by atoms with E-state index in [0.717, 1.165) is 74.2 Å². The predicted octanol–water partition coefficient (Wildman–Crippen LogP) is 6.21. The number of hydrogen-bond donors (Lipinski definition) is 4. The SMILES string of the molecule is C[C@H](NC(=O)CCCCCN1/C(=C/C=C2\CCCC(/C=C/C3=[N+](CCCCCC(=O)N[C@@H](C)C(=O)O)c4ccccc4C3(C)C)=C2Cl)C(C)(C)c2ccccc21)C(=O)O.[Br-]. The first-order valence-corrected chi connectivity index (χ1v) is 21.6. The van der Waals surface area contributed by atoms with Crippen molar-refractivity contribution in [1.29, 1.82) is 0 Å². The molecule has 2 aromatic carbocycles. The zero-order valence-electron chi connectivity index (χ0n) is 36.0. The van der Waals surface area contributed by atoms with Crippen molar-refractivity contribution in [3.8, 4) is 0 Å². The molecule has 10 nitrogen and oxygen atoms in total. The van der Waals surface area contributed by atoms with E-state index in [2.05, 4.69) is 121 Å². The zero-order chi connectivity index (χ0) is 42.9. The van der Waals surface area contributed by atoms with Gasteiger partial charge in [-0.2, -0.15) is 4.58 Å². The van der Waals surface area contributed by atoms with Gasteiger partial charge in [0.25, 0.3) is 0 Å². The van der Waals surface area contributed by atoms with E-state index in [1.165, 1.54) is 47.8 Å². The first-order chi connectivity index (χ1) is 28.0. The number of para-hydroxylation sites is 2. The van der Waals surface area contributed by atoms with E-state index in [1.54, 1.807) is 0 Å². The molecule has 60 heavy (non-hydrogen) atoms. The number of carboxylic acid groups (broad SMARTS) is 2. The molecule has 0 unspecified atom stereocenters. The number of allylic oxidation sites excluding steroid dienone is 8. The summed E-state index contributed by atoms with van der Waals surface area (Å²) in [6.45, 7) is 13.6. The van der Waals surface area contributed by atoms with Crippen LogP contribution in [0.15, 0.2) is 94.7 Å². The molecular weight excluding hydrogens is 844 g/mol. The number of carboxylic acids is 2. The molecule has 2 atom stereocenters. The Labute approximate surface area is 371 Å². The number of carbonyl (C=O) groups is 4. The molecule has 2 aromatic rings. The van der Waals surface area contributed by atoms with Crippen molar-refractivity contribution in [3.05, 3.63) is 106 Å². The highest BCUT2D eigenvalue weighted by Crippen LogP contribution is 2.48. The van der Waals surface area contributed by atoms with Crippen LogP contribution in [0.2, 0.25) is 0 Å². The molecule has 0 bridgehead atoms. The van der Waals surface area contributed by atoms with Crippen LogP contribution in [0.1, 0.15) is 123 Å². The lowest BCUT2D eigenvalue weighted by Crippen LogP contribution is -3.00. The van der Waals surface area contributed by atoms with Crippen molar-refractivity contribution in [2.45, 2.75) is 135 Å². The van der Waals surface area contributed by atoms with Crippen molar-refractivity contribution < 1.29 is 50.9 Å². The van der Waals surface area contributed by atoms with Gasteiger partial charge in [0.2, 0.25) is 17.5 Å². The number of carbonyl (C=O) groups excluding carboxylic acids is 2. The van der Waals surface area contributed by atoms with Crippen LogP contribution in [-0.4, -0.2) is 69.4 Å². The molecule has 2 aliphatic heterocycles. The van der Waals surface area contributed by atoms with Crippen LogP contribution < -0.4 is 32.5 Å². The monoisotopic (exact) mass is 904 g/mol. The molecule has 12 heteroatoms. The topological polar surface area (TPSA) is 139 Å². The zero-order valence-corrected chi connectivity index (χ0v) is 38.3. The van der Waals surface area contributed by atoms with Gasteiger partial charge in [0.15, 0.2) is 5.71 Å². The second-order valence-electron chi connectivity index (χ2n) is 17.1. The van der Waals surface area contributed by atoms with Gasteiger partial charge < -0.3 is 42.7 Å². The number of fused-ring (bicyclic) bond motifs is 2. The van der Waals surface area contributed by atoms with Gasteiger partial charge in [-0.1, -0.05) is 80.4 Å². The van der Waals surface area contributed by atoms with Gasteiger partial charge in [-0.05, 0) is 101 Å². The number of nitrogens with one attached hydrogen (secondary N) is 2. The molecule has 0 saturated carbocycles. The Morgan fingerprint density at radius 2 is 1.35 bits per heavy atom. The van der Waals surface area contributed by atoms with Gasteiger partial charge in [-0.25, -0.2) is 0 Å². The van der Waals surface area contributed by atoms with Crippen molar-refractivity contribution in [1.82, 2.24) is 10.6 Å². The van der Waals surface area contributed by atoms with E-state index in [-0.39, 0.29) is 39.6 Å². The van der Waals surface area contributed by atoms with Gasteiger partial charge in [0, 0.05) is 65.3 Å². The lowest BCUT2D eigenvalue weighted by molar-refractivity contribution is -0.438. The van der Waals surface area contributed by atoms with Crippen LogP contribution >= 0.6 is 11.6 Å². The van der Waals surface area contributed by atoms with Gasteiger partial charge in [0.1, 0.15) is 18.6 Å². The number of halogens is 2. The van der Waals surface area contributed by atoms with Crippen molar-refractivity contribution in [2.75, 3.05) is 18.0 Å². The number of benzene rings is 2. The van der Waals surface area contributed by atoms with Crippen LogP contribution in [-0.2, 0) is 30.0 Å². The number of amides is 2. The van der Waals surface area contributed by atoms with E-state index >= 15 is 0 Å². The highest BCUT2D eigenvalue weighted by molar-refractivity contribution is 6.32. The minimum absolute atomic E-state index is 0. The third kappa shape index (κ3) is 11.5. The fraction of sp³-hybridized carbons (Fsp3) is 0.479. The third-order valence-corrected chi connectivity index (χ3v) is 12.5. The summed E-state index contributed by atoms with van der Waals surface area (Å²) in [5.74, 6) is -2.55. The number of aliphatic carboxylic acids is 2. The normalized spacial score (nSPS) is 18.9. The molecule has 0 fully saturated rings. The van der Waals surface area contributed by atoms with E-state index in [1.807, 2.05) is 0 Å². The van der Waals surface area contributed by atoms with E-state index in [9.17, 15) is 19.2 Å². The quantitative estimate of drug-likeness (QED) is 0.0973. The first-order valence-electron chi connectivity index (χ1n) is 21.2. The Kier molecular flexibility index (Phi) is 17.1. The molecular formula is C48H62BrClN4O6. The second-order valence-corrected chi connectivity index (χ2v) is 17.5. The fourth-order valence-electron chi connectivity index (χ4n) is 8.55. The maximum Gasteiger partial charge on any atom is 0.325 e. The van der Waals surface area contributed by atoms with E-state index in [0.29, 0.717) is 25.7 Å². The molecule has 0 spiro atoms. The summed E-state index contributed by atoms with van der Waals surface area (Å²) in [6, 6.07) is 15.3. The Morgan fingerprint density at radius 1 is 0.767 bits per heavy atom. The van der Waals surface area contributed by atoms with Gasteiger partial charge in [-0.15, -0.1) is 0 Å². The molecule has 0 radical (unpaired) electrons. The summed E-state index contributed by atoms with van der Waals surface area (Å²) < 4.78 is 2.40. The van der Waals surface area contributed by atoms with E-state index in [4.69, 9.17) is 21.8 Å². The first kappa shape index (κ1) is 48.2. The van der Waals surface area contributed by atoms with Crippen LogP contribution in [0.4, 0.5) is 11.4 Å². The van der Waals surface area contributed by atoms with E-state index < -0.39 is 24.0 Å². The number of hydrogen-bond acceptors (Lipinski definition) is 5. The lowest BCUT2D eigenvalue weighted by Gasteiger charge is -2.27. The van der Waals surface area contributed by atoms with Gasteiger partial charge in [0.05, 0.1) is 5.41 Å². The van der Waals surface area contributed by atoms with Crippen molar-refractivity contribution in [2.24, 2.45) is 0 Å². The van der Waals surface area contributed by atoms with Gasteiger partial charge >= 0.3 is 11.9 Å².